The molecule has 1 saturated heterocycles. The molecule has 3 nitrogen and oxygen atoms in total. The molecular weight excluding hydrogens is 147 g/mol. The summed E-state index contributed by atoms with van der Waals surface area (Å²) in [6.07, 6.45) is 0.875. The Bertz CT molecular complexity index is 121. The summed E-state index contributed by atoms with van der Waals surface area (Å²) in [5.41, 5.74) is 0. The van der Waals surface area contributed by atoms with Crippen molar-refractivity contribution in [2.45, 2.75) is 6.92 Å². The Kier molecular flexibility index (Phi) is 2.31. The maximum atomic E-state index is 10.0. The minimum absolute atomic E-state index is 0.875. The molecule has 61 valence electrons. The lowest BCUT2D eigenvalue weighted by Crippen LogP contribution is -2.20. The summed E-state index contributed by atoms with van der Waals surface area (Å²) in [6, 6.07) is 0. The first-order chi connectivity index (χ1) is 4.61. The second kappa shape index (κ2) is 2.74. The topological polar surface area (TPSA) is 26.7 Å². The summed E-state index contributed by atoms with van der Waals surface area (Å²) in [5, 5.41) is 0. The highest BCUT2D eigenvalue weighted by molar-refractivity contribution is 7.65. The molecule has 0 unspecified atom stereocenters. The van der Waals surface area contributed by atoms with Crippen LogP contribution in [-0.4, -0.2) is 47.6 Å². The first-order valence-corrected chi connectivity index (χ1v) is 5.48. The summed E-state index contributed by atoms with van der Waals surface area (Å²) in [7, 11) is 2.19. The van der Waals surface area contributed by atoms with Crippen LogP contribution in [0.4, 0.5) is 0 Å². The number of likely N-dealkylation sites (N-methyl/N-ethyl adjacent to an activating group) is 2. The Morgan fingerprint density at radius 1 is 1.30 bits per heavy atom. The lowest BCUT2D eigenvalue weighted by Gasteiger charge is -2.36. The van der Waals surface area contributed by atoms with E-state index < -0.39 is 7.79 Å². The van der Waals surface area contributed by atoms with Gasteiger partial charge in [-0.25, -0.2) is 0 Å². The van der Waals surface area contributed by atoms with Gasteiger partial charge >= 0.3 is 0 Å². The average molecular weight is 163 g/mol. The van der Waals surface area contributed by atoms with E-state index in [2.05, 4.69) is 9.34 Å². The van der Waals surface area contributed by atoms with Crippen LogP contribution in [0.15, 0.2) is 0 Å². The second-order valence-corrected chi connectivity index (χ2v) is 6.15. The summed E-state index contributed by atoms with van der Waals surface area (Å²) in [5.74, 6) is 0. The van der Waals surface area contributed by atoms with Gasteiger partial charge < -0.3 is 4.89 Å². The Hall–Kier alpha value is 0.310. The van der Waals surface area contributed by atoms with Gasteiger partial charge in [-0.3, -0.25) is 9.34 Å². The van der Waals surface area contributed by atoms with Crippen molar-refractivity contribution in [3.05, 3.63) is 0 Å². The molecule has 1 heterocycles. The molecule has 1 fully saturated rings. The maximum absolute atomic E-state index is 10.0. The van der Waals surface area contributed by atoms with Crippen LogP contribution in [0.25, 0.3) is 0 Å². The molecule has 1 aliphatic rings. The zero-order chi connectivity index (χ0) is 7.78. The largest absolute Gasteiger partial charge is 0.353 e. The van der Waals surface area contributed by atoms with E-state index in [1.54, 1.807) is 0 Å². The number of hydrogen-bond donors (Lipinski definition) is 1. The summed E-state index contributed by atoms with van der Waals surface area (Å²) in [4.78, 5) is 10.0. The van der Waals surface area contributed by atoms with Crippen molar-refractivity contribution in [1.82, 2.24) is 9.34 Å². The Morgan fingerprint density at radius 3 is 1.90 bits per heavy atom. The van der Waals surface area contributed by atoms with Gasteiger partial charge in [0.1, 0.15) is 7.79 Å². The van der Waals surface area contributed by atoms with Gasteiger partial charge in [0.15, 0.2) is 0 Å². The fourth-order valence-corrected chi connectivity index (χ4v) is 3.66. The maximum Gasteiger partial charge on any atom is 0.111 e. The van der Waals surface area contributed by atoms with Crippen LogP contribution in [0.2, 0.25) is 0 Å². The standard InChI is InChI=1S/C6H16N2OP/c1-4-10(9)7(2)5-6-8(10)3/h9H,4-6H2,1-3H3. The lowest BCUT2D eigenvalue weighted by atomic mass is 10.6. The summed E-state index contributed by atoms with van der Waals surface area (Å²) < 4.78 is 4.18. The van der Waals surface area contributed by atoms with Crippen LogP contribution >= 0.6 is 7.79 Å². The molecule has 4 heteroatoms. The molecule has 10 heavy (non-hydrogen) atoms. The molecule has 0 aliphatic carbocycles. The normalized spacial score (nSPS) is 27.6. The van der Waals surface area contributed by atoms with Crippen molar-refractivity contribution in [3.8, 4) is 0 Å². The molecule has 1 radical (unpaired) electrons. The highest BCUT2D eigenvalue weighted by Gasteiger charge is 2.37. The Labute approximate surface area is 63.2 Å². The van der Waals surface area contributed by atoms with Crippen molar-refractivity contribution >= 4 is 7.79 Å². The van der Waals surface area contributed by atoms with E-state index >= 15 is 0 Å². The minimum atomic E-state index is -1.82. The number of rotatable bonds is 1. The van der Waals surface area contributed by atoms with Gasteiger partial charge in [0.25, 0.3) is 0 Å². The van der Waals surface area contributed by atoms with Gasteiger partial charge in [-0.15, -0.1) is 0 Å². The van der Waals surface area contributed by atoms with Gasteiger partial charge in [0.2, 0.25) is 0 Å². The van der Waals surface area contributed by atoms with Crippen molar-refractivity contribution in [1.29, 1.82) is 0 Å². The van der Waals surface area contributed by atoms with Crippen LogP contribution in [0.1, 0.15) is 6.92 Å². The molecule has 0 saturated carbocycles. The van der Waals surface area contributed by atoms with Gasteiger partial charge in [0.05, 0.1) is 0 Å². The fourth-order valence-electron chi connectivity index (χ4n) is 1.35. The predicted octanol–water partition coefficient (Wildman–Crippen LogP) is 0.638. The van der Waals surface area contributed by atoms with Crippen LogP contribution in [0.5, 0.6) is 0 Å². The molecular formula is C6H16N2OP. The van der Waals surface area contributed by atoms with E-state index in [-0.39, 0.29) is 0 Å². The average Bonchev–Trinajstić information content (AvgIpc) is 2.18. The molecule has 0 amide bonds. The molecule has 0 aromatic rings. The summed E-state index contributed by atoms with van der Waals surface area (Å²) in [6.45, 7) is 4.06. The van der Waals surface area contributed by atoms with E-state index in [0.717, 1.165) is 19.3 Å². The molecule has 0 spiro atoms. The van der Waals surface area contributed by atoms with E-state index in [1.165, 1.54) is 0 Å². The van der Waals surface area contributed by atoms with Gasteiger partial charge in [0, 0.05) is 19.3 Å². The first-order valence-electron chi connectivity index (χ1n) is 3.65. The Balaban J connectivity index is 2.70. The van der Waals surface area contributed by atoms with E-state index in [4.69, 9.17) is 0 Å². The van der Waals surface area contributed by atoms with Crippen LogP contribution in [0, 0.1) is 0 Å². The predicted molar refractivity (Wildman–Crippen MR) is 44.9 cm³/mol. The van der Waals surface area contributed by atoms with Crippen molar-refractivity contribution in [2.24, 2.45) is 0 Å². The smallest absolute Gasteiger partial charge is 0.111 e. The third kappa shape index (κ3) is 1.08. The number of nitrogens with zero attached hydrogens (tertiary/aromatic N) is 2. The van der Waals surface area contributed by atoms with Crippen molar-refractivity contribution < 1.29 is 4.89 Å². The molecule has 1 rings (SSSR count). The molecule has 1 aliphatic heterocycles. The second-order valence-electron chi connectivity index (χ2n) is 2.77. The van der Waals surface area contributed by atoms with E-state index in [9.17, 15) is 4.89 Å². The SMILES string of the molecule is CC[P]1(O)N(C)CCN1C. The molecule has 0 bridgehead atoms. The number of hydrogen-bond acceptors (Lipinski definition) is 3. The van der Waals surface area contributed by atoms with Gasteiger partial charge in [-0.05, 0) is 14.1 Å². The minimum Gasteiger partial charge on any atom is -0.353 e. The van der Waals surface area contributed by atoms with Crippen molar-refractivity contribution in [3.63, 3.8) is 0 Å². The Morgan fingerprint density at radius 2 is 1.70 bits per heavy atom. The zero-order valence-electron chi connectivity index (χ0n) is 6.91. The van der Waals surface area contributed by atoms with Crippen LogP contribution < -0.4 is 0 Å². The molecule has 0 atom stereocenters. The molecule has 1 N–H and O–H groups in total. The van der Waals surface area contributed by atoms with Crippen LogP contribution in [0.3, 0.4) is 0 Å². The van der Waals surface area contributed by atoms with E-state index in [0.29, 0.717) is 0 Å². The molecule has 0 aromatic carbocycles. The zero-order valence-corrected chi connectivity index (χ0v) is 7.80. The van der Waals surface area contributed by atoms with Gasteiger partial charge in [-0.1, -0.05) is 6.92 Å². The highest BCUT2D eigenvalue weighted by Crippen LogP contribution is 2.61. The third-order valence-electron chi connectivity index (χ3n) is 2.27. The van der Waals surface area contributed by atoms with Crippen LogP contribution in [-0.2, 0) is 0 Å². The fraction of sp³-hybridized carbons (Fsp3) is 1.00. The van der Waals surface area contributed by atoms with Crippen molar-refractivity contribution in [2.75, 3.05) is 33.3 Å². The first kappa shape index (κ1) is 8.41. The highest BCUT2D eigenvalue weighted by atomic mass is 31.2. The quantitative estimate of drug-likeness (QED) is 0.574. The lowest BCUT2D eigenvalue weighted by molar-refractivity contribution is 0.463. The monoisotopic (exact) mass is 163 g/mol. The van der Waals surface area contributed by atoms with Gasteiger partial charge in [-0.2, -0.15) is 0 Å². The van der Waals surface area contributed by atoms with E-state index in [1.807, 2.05) is 21.0 Å². The molecule has 0 aromatic heterocycles. The third-order valence-corrected chi connectivity index (χ3v) is 5.70. The summed E-state index contributed by atoms with van der Waals surface area (Å²) >= 11 is 0.